The van der Waals surface area contributed by atoms with Crippen molar-refractivity contribution in [1.82, 2.24) is 0 Å². The summed E-state index contributed by atoms with van der Waals surface area (Å²) in [5.74, 6) is 0. The Bertz CT molecular complexity index is 384. The summed E-state index contributed by atoms with van der Waals surface area (Å²) in [6.07, 6.45) is 6.86. The zero-order valence-corrected chi connectivity index (χ0v) is 12.7. The first kappa shape index (κ1) is 16.0. The molecule has 1 aromatic carbocycles. The molecule has 106 valence electrons. The van der Waals surface area contributed by atoms with Crippen LogP contribution in [0.4, 0.5) is 0 Å². The standard InChI is InChI=1S/C18H28O/c1-5-9-15-17(6-2,7-3)18(19,8-4)16-13-11-10-12-14-16/h6,10-14,19H,2,5,7-9,15H2,1,3-4H3/t17-,18+/m1/s1. The van der Waals surface area contributed by atoms with Crippen LogP contribution in [0.2, 0.25) is 0 Å². The first-order valence-corrected chi connectivity index (χ1v) is 7.51. The fourth-order valence-corrected chi connectivity index (χ4v) is 3.14. The van der Waals surface area contributed by atoms with E-state index in [4.69, 9.17) is 0 Å². The van der Waals surface area contributed by atoms with Crippen molar-refractivity contribution in [3.05, 3.63) is 48.6 Å². The molecule has 0 unspecified atom stereocenters. The van der Waals surface area contributed by atoms with E-state index < -0.39 is 5.60 Å². The maximum Gasteiger partial charge on any atom is 0.0983 e. The van der Waals surface area contributed by atoms with Crippen LogP contribution in [0.25, 0.3) is 0 Å². The van der Waals surface area contributed by atoms with E-state index in [1.165, 1.54) is 0 Å². The maximum absolute atomic E-state index is 11.4. The summed E-state index contributed by atoms with van der Waals surface area (Å²) in [5, 5.41) is 11.4. The predicted octanol–water partition coefficient (Wildman–Crippen LogP) is 5.06. The number of hydrogen-bond donors (Lipinski definition) is 1. The van der Waals surface area contributed by atoms with Crippen LogP contribution in [0, 0.1) is 5.41 Å². The van der Waals surface area contributed by atoms with Gasteiger partial charge in [0, 0.05) is 5.41 Å². The van der Waals surface area contributed by atoms with E-state index in [2.05, 4.69) is 27.4 Å². The highest BCUT2D eigenvalue weighted by molar-refractivity contribution is 5.27. The molecule has 1 heteroatoms. The molecule has 0 saturated heterocycles. The topological polar surface area (TPSA) is 20.2 Å². The summed E-state index contributed by atoms with van der Waals surface area (Å²) in [6.45, 7) is 10.4. The molecule has 0 saturated carbocycles. The molecule has 2 atom stereocenters. The van der Waals surface area contributed by atoms with Gasteiger partial charge in [-0.1, -0.05) is 70.0 Å². The molecule has 0 heterocycles. The van der Waals surface area contributed by atoms with Crippen LogP contribution in [0.15, 0.2) is 43.0 Å². The SMILES string of the molecule is C=C[C@@](CC)(CCCC)[C@](O)(CC)c1ccccc1. The van der Waals surface area contributed by atoms with Gasteiger partial charge in [-0.3, -0.25) is 0 Å². The summed E-state index contributed by atoms with van der Waals surface area (Å²) in [7, 11) is 0. The van der Waals surface area contributed by atoms with Crippen LogP contribution >= 0.6 is 0 Å². The molecular formula is C18H28O. The van der Waals surface area contributed by atoms with Gasteiger partial charge < -0.3 is 5.11 Å². The summed E-state index contributed by atoms with van der Waals surface area (Å²) in [6, 6.07) is 10.1. The smallest absolute Gasteiger partial charge is 0.0983 e. The number of aliphatic hydroxyl groups is 1. The lowest BCUT2D eigenvalue weighted by molar-refractivity contribution is -0.0769. The Kier molecular flexibility index (Phi) is 5.81. The second kappa shape index (κ2) is 6.91. The van der Waals surface area contributed by atoms with Gasteiger partial charge in [-0.25, -0.2) is 0 Å². The van der Waals surface area contributed by atoms with Gasteiger partial charge in [0.15, 0.2) is 0 Å². The third kappa shape index (κ3) is 2.92. The molecule has 1 rings (SSSR count). The molecule has 0 aliphatic carbocycles. The van der Waals surface area contributed by atoms with Gasteiger partial charge in [0.1, 0.15) is 0 Å². The Morgan fingerprint density at radius 3 is 2.16 bits per heavy atom. The lowest BCUT2D eigenvalue weighted by Crippen LogP contribution is -2.44. The minimum absolute atomic E-state index is 0.237. The molecule has 0 fully saturated rings. The van der Waals surface area contributed by atoms with Gasteiger partial charge in [0.25, 0.3) is 0 Å². The summed E-state index contributed by atoms with van der Waals surface area (Å²) in [5.41, 5.74) is -0.0469. The van der Waals surface area contributed by atoms with Crippen molar-refractivity contribution in [2.45, 2.75) is 58.5 Å². The minimum atomic E-state index is -0.820. The molecule has 0 amide bonds. The largest absolute Gasteiger partial charge is 0.384 e. The molecule has 0 aromatic heterocycles. The van der Waals surface area contributed by atoms with Crippen molar-refractivity contribution in [3.8, 4) is 0 Å². The average Bonchev–Trinajstić information content (AvgIpc) is 2.49. The zero-order valence-electron chi connectivity index (χ0n) is 12.7. The number of hydrogen-bond acceptors (Lipinski definition) is 1. The Labute approximate surface area is 118 Å². The lowest BCUT2D eigenvalue weighted by Gasteiger charge is -2.45. The van der Waals surface area contributed by atoms with Gasteiger partial charge >= 0.3 is 0 Å². The van der Waals surface area contributed by atoms with Crippen molar-refractivity contribution < 1.29 is 5.11 Å². The van der Waals surface area contributed by atoms with Crippen LogP contribution in [0.5, 0.6) is 0 Å². The Balaban J connectivity index is 3.25. The minimum Gasteiger partial charge on any atom is -0.384 e. The van der Waals surface area contributed by atoms with E-state index in [1.54, 1.807) is 0 Å². The first-order valence-electron chi connectivity index (χ1n) is 7.51. The molecule has 1 N–H and O–H groups in total. The molecule has 1 aromatic rings. The number of rotatable bonds is 8. The first-order chi connectivity index (χ1) is 9.10. The van der Waals surface area contributed by atoms with Crippen LogP contribution < -0.4 is 0 Å². The normalized spacial score (nSPS) is 17.5. The van der Waals surface area contributed by atoms with E-state index in [0.29, 0.717) is 6.42 Å². The quantitative estimate of drug-likeness (QED) is 0.648. The monoisotopic (exact) mass is 260 g/mol. The van der Waals surface area contributed by atoms with Crippen LogP contribution in [-0.2, 0) is 5.60 Å². The Morgan fingerprint density at radius 2 is 1.74 bits per heavy atom. The van der Waals surface area contributed by atoms with E-state index in [1.807, 2.05) is 36.4 Å². The third-order valence-corrected chi connectivity index (χ3v) is 4.58. The highest BCUT2D eigenvalue weighted by Crippen LogP contribution is 2.49. The van der Waals surface area contributed by atoms with Crippen molar-refractivity contribution in [2.75, 3.05) is 0 Å². The van der Waals surface area contributed by atoms with Gasteiger partial charge in [0.05, 0.1) is 5.60 Å². The number of unbranched alkanes of at least 4 members (excludes halogenated alkanes) is 1. The average molecular weight is 260 g/mol. The van der Waals surface area contributed by atoms with Gasteiger partial charge in [-0.2, -0.15) is 0 Å². The Hall–Kier alpha value is -1.08. The second-order valence-corrected chi connectivity index (χ2v) is 5.40. The molecule has 0 aliphatic rings. The molecule has 0 spiro atoms. The lowest BCUT2D eigenvalue weighted by atomic mass is 9.63. The summed E-state index contributed by atoms with van der Waals surface area (Å²) >= 11 is 0. The van der Waals surface area contributed by atoms with Gasteiger partial charge in [0.2, 0.25) is 0 Å². The van der Waals surface area contributed by atoms with E-state index in [9.17, 15) is 5.11 Å². The van der Waals surface area contributed by atoms with Crippen molar-refractivity contribution in [3.63, 3.8) is 0 Å². The summed E-state index contributed by atoms with van der Waals surface area (Å²) < 4.78 is 0. The van der Waals surface area contributed by atoms with E-state index >= 15 is 0 Å². The molecule has 0 bridgehead atoms. The molecular weight excluding hydrogens is 232 g/mol. The second-order valence-electron chi connectivity index (χ2n) is 5.40. The van der Waals surface area contributed by atoms with Crippen LogP contribution in [0.1, 0.15) is 58.4 Å². The molecule has 0 aliphatic heterocycles. The van der Waals surface area contributed by atoms with Gasteiger partial charge in [-0.05, 0) is 24.8 Å². The van der Waals surface area contributed by atoms with E-state index in [-0.39, 0.29) is 5.41 Å². The number of benzene rings is 1. The zero-order chi connectivity index (χ0) is 14.4. The Morgan fingerprint density at radius 1 is 1.11 bits per heavy atom. The van der Waals surface area contributed by atoms with Crippen LogP contribution in [0.3, 0.4) is 0 Å². The molecule has 0 radical (unpaired) electrons. The summed E-state index contributed by atoms with van der Waals surface area (Å²) in [4.78, 5) is 0. The highest BCUT2D eigenvalue weighted by Gasteiger charge is 2.46. The third-order valence-electron chi connectivity index (χ3n) is 4.58. The van der Waals surface area contributed by atoms with Crippen molar-refractivity contribution >= 4 is 0 Å². The fraction of sp³-hybridized carbons (Fsp3) is 0.556. The molecule has 1 nitrogen and oxygen atoms in total. The van der Waals surface area contributed by atoms with Crippen molar-refractivity contribution in [2.24, 2.45) is 5.41 Å². The predicted molar refractivity (Wildman–Crippen MR) is 83.1 cm³/mol. The van der Waals surface area contributed by atoms with Gasteiger partial charge in [-0.15, -0.1) is 6.58 Å². The molecule has 19 heavy (non-hydrogen) atoms. The highest BCUT2D eigenvalue weighted by atomic mass is 16.3. The van der Waals surface area contributed by atoms with E-state index in [0.717, 1.165) is 31.2 Å². The van der Waals surface area contributed by atoms with Crippen molar-refractivity contribution in [1.29, 1.82) is 0 Å². The maximum atomic E-state index is 11.4. The fourth-order valence-electron chi connectivity index (χ4n) is 3.14. The van der Waals surface area contributed by atoms with Crippen LogP contribution in [-0.4, -0.2) is 5.11 Å².